The highest BCUT2D eigenvalue weighted by molar-refractivity contribution is 7.09. The van der Waals surface area contributed by atoms with Crippen LogP contribution in [0.3, 0.4) is 0 Å². The number of nitrogens with one attached hydrogen (secondary N) is 1. The predicted octanol–water partition coefficient (Wildman–Crippen LogP) is 3.62. The van der Waals surface area contributed by atoms with E-state index in [2.05, 4.69) is 46.9 Å². The minimum atomic E-state index is 0.795. The zero-order chi connectivity index (χ0) is 13.5. The van der Waals surface area contributed by atoms with Crippen molar-refractivity contribution in [2.45, 2.75) is 13.1 Å². The third kappa shape index (κ3) is 5.33. The molecule has 1 aromatic carbocycles. The Bertz CT molecular complexity index is 467. The van der Waals surface area contributed by atoms with Crippen molar-refractivity contribution < 1.29 is 0 Å². The van der Waals surface area contributed by atoms with Crippen LogP contribution < -0.4 is 5.32 Å². The fourth-order valence-corrected chi connectivity index (χ4v) is 2.68. The van der Waals surface area contributed by atoms with Crippen molar-refractivity contribution in [1.29, 1.82) is 0 Å². The molecular formula is C15H19ClN2S. The van der Waals surface area contributed by atoms with E-state index in [1.165, 1.54) is 10.4 Å². The third-order valence-electron chi connectivity index (χ3n) is 2.92. The van der Waals surface area contributed by atoms with Crippen LogP contribution in [0, 0.1) is 0 Å². The molecule has 1 aromatic heterocycles. The monoisotopic (exact) mass is 294 g/mol. The van der Waals surface area contributed by atoms with Gasteiger partial charge in [0.15, 0.2) is 0 Å². The molecule has 2 aromatic rings. The van der Waals surface area contributed by atoms with Crippen LogP contribution >= 0.6 is 22.9 Å². The summed E-state index contributed by atoms with van der Waals surface area (Å²) in [5, 5.41) is 6.37. The minimum Gasteiger partial charge on any atom is -0.311 e. The summed E-state index contributed by atoms with van der Waals surface area (Å²) in [5.41, 5.74) is 1.30. The van der Waals surface area contributed by atoms with Crippen LogP contribution in [-0.4, -0.2) is 25.0 Å². The molecule has 102 valence electrons. The van der Waals surface area contributed by atoms with Gasteiger partial charge in [-0.25, -0.2) is 0 Å². The summed E-state index contributed by atoms with van der Waals surface area (Å²) in [5.74, 6) is 0. The van der Waals surface area contributed by atoms with Gasteiger partial charge in [-0.3, -0.25) is 0 Å². The lowest BCUT2D eigenvalue weighted by Gasteiger charge is -2.17. The number of rotatable bonds is 7. The normalized spacial score (nSPS) is 11.1. The van der Waals surface area contributed by atoms with Crippen molar-refractivity contribution in [3.8, 4) is 0 Å². The maximum atomic E-state index is 5.88. The lowest BCUT2D eigenvalue weighted by atomic mass is 10.2. The van der Waals surface area contributed by atoms with Gasteiger partial charge in [0.1, 0.15) is 0 Å². The van der Waals surface area contributed by atoms with E-state index >= 15 is 0 Å². The summed E-state index contributed by atoms with van der Waals surface area (Å²) < 4.78 is 0. The Balaban J connectivity index is 1.64. The molecule has 0 unspecified atom stereocenters. The Morgan fingerprint density at radius 1 is 1.21 bits per heavy atom. The van der Waals surface area contributed by atoms with E-state index in [0.717, 1.165) is 31.2 Å². The van der Waals surface area contributed by atoms with Crippen LogP contribution in [0.4, 0.5) is 0 Å². The number of thiophene rings is 1. The third-order valence-corrected chi connectivity index (χ3v) is 4.04. The number of hydrogen-bond acceptors (Lipinski definition) is 3. The van der Waals surface area contributed by atoms with Gasteiger partial charge >= 0.3 is 0 Å². The Hall–Kier alpha value is -0.870. The first-order chi connectivity index (χ1) is 9.24. The summed E-state index contributed by atoms with van der Waals surface area (Å²) in [6.07, 6.45) is 0. The van der Waals surface area contributed by atoms with Gasteiger partial charge < -0.3 is 10.2 Å². The van der Waals surface area contributed by atoms with Gasteiger partial charge in [0.2, 0.25) is 0 Å². The molecule has 4 heteroatoms. The standard InChI is InChI=1S/C15H19ClN2S/c1-18(12-13-4-6-14(16)7-5-13)9-8-17-11-15-3-2-10-19-15/h2-7,10,17H,8-9,11-12H2,1H3. The van der Waals surface area contributed by atoms with E-state index in [1.807, 2.05) is 12.1 Å². The highest BCUT2D eigenvalue weighted by Crippen LogP contribution is 2.10. The molecular weight excluding hydrogens is 276 g/mol. The van der Waals surface area contributed by atoms with Crippen molar-refractivity contribution in [2.24, 2.45) is 0 Å². The fourth-order valence-electron chi connectivity index (χ4n) is 1.88. The molecule has 0 spiro atoms. The Kier molecular flexibility index (Phi) is 5.86. The summed E-state index contributed by atoms with van der Waals surface area (Å²) in [4.78, 5) is 3.70. The van der Waals surface area contributed by atoms with Crippen LogP contribution in [-0.2, 0) is 13.1 Å². The van der Waals surface area contributed by atoms with Crippen molar-refractivity contribution >= 4 is 22.9 Å². The van der Waals surface area contributed by atoms with E-state index in [0.29, 0.717) is 0 Å². The van der Waals surface area contributed by atoms with Gasteiger partial charge in [-0.15, -0.1) is 11.3 Å². The first-order valence-corrected chi connectivity index (χ1v) is 7.66. The first-order valence-electron chi connectivity index (χ1n) is 6.40. The van der Waals surface area contributed by atoms with Gasteiger partial charge in [-0.2, -0.15) is 0 Å². The summed E-state index contributed by atoms with van der Waals surface area (Å²) in [6, 6.07) is 12.3. The molecule has 0 radical (unpaired) electrons. The summed E-state index contributed by atoms with van der Waals surface area (Å²) >= 11 is 7.67. The molecule has 2 nitrogen and oxygen atoms in total. The van der Waals surface area contributed by atoms with Crippen molar-refractivity contribution in [3.05, 3.63) is 57.2 Å². The first kappa shape index (κ1) is 14.5. The average molecular weight is 295 g/mol. The van der Waals surface area contributed by atoms with E-state index < -0.39 is 0 Å². The second-order valence-electron chi connectivity index (χ2n) is 4.62. The molecule has 0 amide bonds. The maximum absolute atomic E-state index is 5.88. The van der Waals surface area contributed by atoms with Gasteiger partial charge in [0, 0.05) is 36.1 Å². The zero-order valence-electron chi connectivity index (χ0n) is 11.1. The lowest BCUT2D eigenvalue weighted by Crippen LogP contribution is -2.28. The SMILES string of the molecule is CN(CCNCc1cccs1)Cc1ccc(Cl)cc1. The molecule has 0 saturated carbocycles. The quantitative estimate of drug-likeness (QED) is 0.785. The molecule has 0 bridgehead atoms. The second-order valence-corrected chi connectivity index (χ2v) is 6.09. The number of likely N-dealkylation sites (N-methyl/N-ethyl adjacent to an activating group) is 1. The molecule has 0 aliphatic rings. The zero-order valence-corrected chi connectivity index (χ0v) is 12.7. The lowest BCUT2D eigenvalue weighted by molar-refractivity contribution is 0.324. The largest absolute Gasteiger partial charge is 0.311 e. The van der Waals surface area contributed by atoms with E-state index in [-0.39, 0.29) is 0 Å². The number of nitrogens with zero attached hydrogens (tertiary/aromatic N) is 1. The van der Waals surface area contributed by atoms with Gasteiger partial charge in [0.25, 0.3) is 0 Å². The van der Waals surface area contributed by atoms with E-state index in [9.17, 15) is 0 Å². The Labute approximate surface area is 124 Å². The van der Waals surface area contributed by atoms with Crippen molar-refractivity contribution in [3.63, 3.8) is 0 Å². The smallest absolute Gasteiger partial charge is 0.0406 e. The summed E-state index contributed by atoms with van der Waals surface area (Å²) in [6.45, 7) is 3.96. The highest BCUT2D eigenvalue weighted by atomic mass is 35.5. The topological polar surface area (TPSA) is 15.3 Å². The average Bonchev–Trinajstić information content (AvgIpc) is 2.91. The van der Waals surface area contributed by atoms with Crippen molar-refractivity contribution in [2.75, 3.05) is 20.1 Å². The fraction of sp³-hybridized carbons (Fsp3) is 0.333. The number of hydrogen-bond donors (Lipinski definition) is 1. The Morgan fingerprint density at radius 2 is 2.00 bits per heavy atom. The molecule has 0 aliphatic heterocycles. The maximum Gasteiger partial charge on any atom is 0.0406 e. The van der Waals surface area contributed by atoms with Crippen LogP contribution in [0.2, 0.25) is 5.02 Å². The van der Waals surface area contributed by atoms with Crippen molar-refractivity contribution in [1.82, 2.24) is 10.2 Å². The van der Waals surface area contributed by atoms with Crippen LogP contribution in [0.15, 0.2) is 41.8 Å². The molecule has 0 atom stereocenters. The molecule has 0 saturated heterocycles. The molecule has 19 heavy (non-hydrogen) atoms. The highest BCUT2D eigenvalue weighted by Gasteiger charge is 2.00. The number of halogens is 1. The molecule has 1 heterocycles. The summed E-state index contributed by atoms with van der Waals surface area (Å²) in [7, 11) is 2.14. The van der Waals surface area contributed by atoms with Gasteiger partial charge in [-0.1, -0.05) is 29.8 Å². The predicted molar refractivity (Wildman–Crippen MR) is 83.8 cm³/mol. The van der Waals surface area contributed by atoms with E-state index in [1.54, 1.807) is 11.3 Å². The van der Waals surface area contributed by atoms with Gasteiger partial charge in [-0.05, 0) is 36.2 Å². The van der Waals surface area contributed by atoms with Crippen LogP contribution in [0.25, 0.3) is 0 Å². The van der Waals surface area contributed by atoms with E-state index in [4.69, 9.17) is 11.6 Å². The number of benzene rings is 1. The molecule has 0 fully saturated rings. The minimum absolute atomic E-state index is 0.795. The van der Waals surface area contributed by atoms with Crippen LogP contribution in [0.1, 0.15) is 10.4 Å². The molecule has 1 N–H and O–H groups in total. The second kappa shape index (κ2) is 7.65. The van der Waals surface area contributed by atoms with Crippen LogP contribution in [0.5, 0.6) is 0 Å². The molecule has 0 aliphatic carbocycles. The Morgan fingerprint density at radius 3 is 2.68 bits per heavy atom. The molecule has 2 rings (SSSR count). The van der Waals surface area contributed by atoms with Gasteiger partial charge in [0.05, 0.1) is 0 Å².